The van der Waals surface area contributed by atoms with Gasteiger partial charge in [0.1, 0.15) is 16.9 Å². The molecular weight excluding hydrogens is 286 g/mol. The van der Waals surface area contributed by atoms with Crippen LogP contribution in [-0.2, 0) is 4.74 Å². The van der Waals surface area contributed by atoms with Crippen molar-refractivity contribution in [3.8, 4) is 0 Å². The van der Waals surface area contributed by atoms with Crippen LogP contribution in [0, 0.1) is 13.8 Å². The number of amides is 2. The molecule has 2 heterocycles. The van der Waals surface area contributed by atoms with Gasteiger partial charge in [0.05, 0.1) is 5.69 Å². The normalized spacial score (nSPS) is 15.9. The van der Waals surface area contributed by atoms with Crippen LogP contribution in [0.3, 0.4) is 0 Å². The number of carbonyl (C=O) groups is 2. The summed E-state index contributed by atoms with van der Waals surface area (Å²) in [7, 11) is 0. The SMILES string of the molecule is Cc1noc(C)c1C(=O)N1CCN(C(=O)OC(C)(C)C)CC1. The van der Waals surface area contributed by atoms with E-state index in [9.17, 15) is 9.59 Å². The number of rotatable bonds is 1. The van der Waals surface area contributed by atoms with Gasteiger partial charge in [-0.2, -0.15) is 0 Å². The summed E-state index contributed by atoms with van der Waals surface area (Å²) in [4.78, 5) is 27.8. The van der Waals surface area contributed by atoms with Crippen LogP contribution in [0.1, 0.15) is 42.6 Å². The number of carbonyl (C=O) groups excluding carboxylic acids is 2. The zero-order chi connectivity index (χ0) is 16.5. The van der Waals surface area contributed by atoms with Crippen LogP contribution in [0.15, 0.2) is 4.52 Å². The van der Waals surface area contributed by atoms with Crippen LogP contribution in [0.4, 0.5) is 4.79 Å². The molecule has 1 saturated heterocycles. The summed E-state index contributed by atoms with van der Waals surface area (Å²) in [5, 5.41) is 3.81. The van der Waals surface area contributed by atoms with Gasteiger partial charge in [-0.3, -0.25) is 4.79 Å². The van der Waals surface area contributed by atoms with E-state index in [0.717, 1.165) is 0 Å². The smallest absolute Gasteiger partial charge is 0.410 e. The van der Waals surface area contributed by atoms with E-state index in [1.807, 2.05) is 20.8 Å². The van der Waals surface area contributed by atoms with Gasteiger partial charge in [0.15, 0.2) is 0 Å². The summed E-state index contributed by atoms with van der Waals surface area (Å²) >= 11 is 0. The first kappa shape index (κ1) is 16.3. The average molecular weight is 309 g/mol. The van der Waals surface area contributed by atoms with Crippen LogP contribution in [0.2, 0.25) is 0 Å². The van der Waals surface area contributed by atoms with Crippen molar-refractivity contribution in [3.63, 3.8) is 0 Å². The van der Waals surface area contributed by atoms with Crippen molar-refractivity contribution in [1.82, 2.24) is 15.0 Å². The molecule has 1 aromatic heterocycles. The van der Waals surface area contributed by atoms with E-state index in [1.165, 1.54) is 0 Å². The summed E-state index contributed by atoms with van der Waals surface area (Å²) < 4.78 is 10.4. The Morgan fingerprint density at radius 1 is 1.09 bits per heavy atom. The summed E-state index contributed by atoms with van der Waals surface area (Å²) in [5.74, 6) is 0.428. The Hall–Kier alpha value is -2.05. The molecule has 1 aliphatic heterocycles. The number of aryl methyl sites for hydroxylation is 2. The maximum absolute atomic E-state index is 12.5. The Bertz CT molecular complexity index is 546. The molecule has 7 heteroatoms. The molecule has 0 atom stereocenters. The summed E-state index contributed by atoms with van der Waals surface area (Å²) in [6.07, 6.45) is -0.336. The fraction of sp³-hybridized carbons (Fsp3) is 0.667. The van der Waals surface area contributed by atoms with E-state index in [-0.39, 0.29) is 12.0 Å². The van der Waals surface area contributed by atoms with E-state index in [2.05, 4.69) is 5.16 Å². The van der Waals surface area contributed by atoms with Gasteiger partial charge in [-0.15, -0.1) is 0 Å². The van der Waals surface area contributed by atoms with E-state index >= 15 is 0 Å². The minimum atomic E-state index is -0.513. The van der Waals surface area contributed by atoms with Crippen LogP contribution in [0.25, 0.3) is 0 Å². The monoisotopic (exact) mass is 309 g/mol. The van der Waals surface area contributed by atoms with Crippen molar-refractivity contribution in [2.24, 2.45) is 0 Å². The summed E-state index contributed by atoms with van der Waals surface area (Å²) in [5.41, 5.74) is 0.601. The number of piperazine rings is 1. The molecule has 0 bridgehead atoms. The quantitative estimate of drug-likeness (QED) is 0.793. The Balaban J connectivity index is 1.95. The molecule has 122 valence electrons. The Labute approximate surface area is 130 Å². The molecule has 1 fully saturated rings. The van der Waals surface area contributed by atoms with Gasteiger partial charge in [0.2, 0.25) is 0 Å². The highest BCUT2D eigenvalue weighted by Gasteiger charge is 2.30. The van der Waals surface area contributed by atoms with Crippen molar-refractivity contribution in [3.05, 3.63) is 17.0 Å². The molecule has 22 heavy (non-hydrogen) atoms. The zero-order valence-corrected chi connectivity index (χ0v) is 13.8. The third kappa shape index (κ3) is 3.58. The molecule has 2 rings (SSSR count). The summed E-state index contributed by atoms with van der Waals surface area (Å²) in [6, 6.07) is 0. The summed E-state index contributed by atoms with van der Waals surface area (Å²) in [6.45, 7) is 10.9. The largest absolute Gasteiger partial charge is 0.444 e. The van der Waals surface area contributed by atoms with E-state index < -0.39 is 5.60 Å². The maximum Gasteiger partial charge on any atom is 0.410 e. The first-order valence-electron chi connectivity index (χ1n) is 7.39. The predicted octanol–water partition coefficient (Wildman–Crippen LogP) is 1.98. The lowest BCUT2D eigenvalue weighted by Gasteiger charge is -2.35. The lowest BCUT2D eigenvalue weighted by atomic mass is 10.1. The highest BCUT2D eigenvalue weighted by atomic mass is 16.6. The van der Waals surface area contributed by atoms with Crippen molar-refractivity contribution >= 4 is 12.0 Å². The second-order valence-electron chi connectivity index (χ2n) is 6.46. The second kappa shape index (κ2) is 5.98. The van der Waals surface area contributed by atoms with Gasteiger partial charge in [-0.05, 0) is 34.6 Å². The van der Waals surface area contributed by atoms with E-state index in [0.29, 0.717) is 43.2 Å². The third-order valence-electron chi connectivity index (χ3n) is 3.47. The van der Waals surface area contributed by atoms with Crippen molar-refractivity contribution in [1.29, 1.82) is 0 Å². The third-order valence-corrected chi connectivity index (χ3v) is 3.47. The fourth-order valence-corrected chi connectivity index (χ4v) is 2.37. The van der Waals surface area contributed by atoms with Gasteiger partial charge < -0.3 is 19.1 Å². The van der Waals surface area contributed by atoms with Crippen molar-refractivity contribution < 1.29 is 18.8 Å². The topological polar surface area (TPSA) is 75.9 Å². The van der Waals surface area contributed by atoms with E-state index in [4.69, 9.17) is 9.26 Å². The molecule has 0 unspecified atom stereocenters. The molecule has 0 radical (unpaired) electrons. The first-order chi connectivity index (χ1) is 10.2. The number of hydrogen-bond donors (Lipinski definition) is 0. The number of hydrogen-bond acceptors (Lipinski definition) is 5. The fourth-order valence-electron chi connectivity index (χ4n) is 2.37. The van der Waals surface area contributed by atoms with Gasteiger partial charge in [-0.1, -0.05) is 5.16 Å². The Kier molecular flexibility index (Phi) is 4.44. The van der Waals surface area contributed by atoms with Crippen molar-refractivity contribution in [2.45, 2.75) is 40.2 Å². The van der Waals surface area contributed by atoms with Crippen LogP contribution in [0.5, 0.6) is 0 Å². The van der Waals surface area contributed by atoms with Gasteiger partial charge in [0, 0.05) is 26.2 Å². The van der Waals surface area contributed by atoms with Gasteiger partial charge in [-0.25, -0.2) is 4.79 Å². The highest BCUT2D eigenvalue weighted by Crippen LogP contribution is 2.17. The molecule has 0 spiro atoms. The molecule has 0 aromatic carbocycles. The molecule has 0 N–H and O–H groups in total. The predicted molar refractivity (Wildman–Crippen MR) is 79.7 cm³/mol. The standard InChI is InChI=1S/C15H23N3O4/c1-10-12(11(2)22-16-10)13(19)17-6-8-18(9-7-17)14(20)21-15(3,4)5/h6-9H2,1-5H3. The molecule has 2 amide bonds. The minimum Gasteiger partial charge on any atom is -0.444 e. The van der Waals surface area contributed by atoms with Gasteiger partial charge in [0.25, 0.3) is 5.91 Å². The van der Waals surface area contributed by atoms with Crippen LogP contribution < -0.4 is 0 Å². The minimum absolute atomic E-state index is 0.0971. The first-order valence-corrected chi connectivity index (χ1v) is 7.39. The molecule has 7 nitrogen and oxygen atoms in total. The Morgan fingerprint density at radius 2 is 1.64 bits per heavy atom. The number of ether oxygens (including phenoxy) is 1. The molecule has 1 aromatic rings. The average Bonchev–Trinajstić information content (AvgIpc) is 2.76. The van der Waals surface area contributed by atoms with Crippen molar-refractivity contribution in [2.75, 3.05) is 26.2 Å². The van der Waals surface area contributed by atoms with Crippen LogP contribution in [-0.4, -0.2) is 58.7 Å². The molecule has 0 saturated carbocycles. The molecule has 1 aliphatic rings. The number of nitrogens with zero attached hydrogens (tertiary/aromatic N) is 3. The lowest BCUT2D eigenvalue weighted by Crippen LogP contribution is -2.51. The maximum atomic E-state index is 12.5. The number of aromatic nitrogens is 1. The van der Waals surface area contributed by atoms with Crippen LogP contribution >= 0.6 is 0 Å². The zero-order valence-electron chi connectivity index (χ0n) is 13.8. The van der Waals surface area contributed by atoms with Gasteiger partial charge >= 0.3 is 6.09 Å². The highest BCUT2D eigenvalue weighted by molar-refractivity contribution is 5.96. The second-order valence-corrected chi connectivity index (χ2v) is 6.46. The van der Waals surface area contributed by atoms with E-state index in [1.54, 1.807) is 23.6 Å². The lowest BCUT2D eigenvalue weighted by molar-refractivity contribution is 0.0140. The molecule has 0 aliphatic carbocycles. The molecular formula is C15H23N3O4. The Morgan fingerprint density at radius 3 is 2.09 bits per heavy atom.